The molecule has 6 fully saturated rings. The van der Waals surface area contributed by atoms with Crippen LogP contribution in [0, 0.1) is 34.5 Å². The van der Waals surface area contributed by atoms with Crippen LogP contribution >= 0.6 is 0 Å². The minimum Gasteiger partial charge on any atom is -0.455 e. The molecule has 15 atom stereocenters. The number of esters is 2. The van der Waals surface area contributed by atoms with Crippen LogP contribution in [0.2, 0.25) is 0 Å². The average Bonchev–Trinajstić information content (AvgIpc) is 3.41. The van der Waals surface area contributed by atoms with E-state index in [9.17, 15) is 24.9 Å². The van der Waals surface area contributed by atoms with Gasteiger partial charge in [-0.15, -0.1) is 0 Å². The maximum Gasteiger partial charge on any atom is 0.338 e. The predicted molar refractivity (Wildman–Crippen MR) is 160 cm³/mol. The van der Waals surface area contributed by atoms with Crippen molar-refractivity contribution in [3.8, 4) is 0 Å². The van der Waals surface area contributed by atoms with Gasteiger partial charge in [0.25, 0.3) is 0 Å². The van der Waals surface area contributed by atoms with Crippen molar-refractivity contribution in [1.29, 1.82) is 0 Å². The Labute approximate surface area is 269 Å². The third-order valence-electron chi connectivity index (χ3n) is 13.2. The minimum atomic E-state index is -1.83. The van der Waals surface area contributed by atoms with Crippen molar-refractivity contribution in [3.05, 3.63) is 35.9 Å². The molecule has 1 aliphatic heterocycles. The maximum atomic E-state index is 13.8. The number of hydrogen-bond donors (Lipinski definition) is 3. The van der Waals surface area contributed by atoms with E-state index in [1.807, 2.05) is 6.92 Å². The van der Waals surface area contributed by atoms with E-state index in [2.05, 4.69) is 4.90 Å². The quantitative estimate of drug-likeness (QED) is 0.323. The van der Waals surface area contributed by atoms with Crippen LogP contribution in [-0.4, -0.2) is 134 Å². The summed E-state index contributed by atoms with van der Waals surface area (Å²) in [5.41, 5.74) is -4.79. The van der Waals surface area contributed by atoms with Crippen LogP contribution in [0.15, 0.2) is 30.3 Å². The van der Waals surface area contributed by atoms with Gasteiger partial charge in [-0.05, 0) is 31.0 Å². The Kier molecular flexibility index (Phi) is 7.69. The molecule has 12 heteroatoms. The summed E-state index contributed by atoms with van der Waals surface area (Å²) >= 11 is 0. The van der Waals surface area contributed by atoms with E-state index in [-0.39, 0.29) is 25.0 Å². The summed E-state index contributed by atoms with van der Waals surface area (Å²) in [5.74, 6) is -3.65. The lowest BCUT2D eigenvalue weighted by Gasteiger charge is -2.70. The smallest absolute Gasteiger partial charge is 0.338 e. The second-order valence-corrected chi connectivity index (χ2v) is 14.4. The zero-order valence-electron chi connectivity index (χ0n) is 27.3. The lowest BCUT2D eigenvalue weighted by Crippen LogP contribution is -2.81. The monoisotopic (exact) mass is 645 g/mol. The zero-order valence-corrected chi connectivity index (χ0v) is 27.3. The van der Waals surface area contributed by atoms with Crippen molar-refractivity contribution in [2.75, 3.05) is 48.1 Å². The highest BCUT2D eigenvalue weighted by Crippen LogP contribution is 2.80. The number of nitrogens with zero attached hydrogens (tertiary/aromatic N) is 1. The third kappa shape index (κ3) is 3.62. The largest absolute Gasteiger partial charge is 0.455 e. The first-order valence-electron chi connectivity index (χ1n) is 16.3. The van der Waals surface area contributed by atoms with Gasteiger partial charge in [0.05, 0.1) is 30.5 Å². The Balaban J connectivity index is 1.53. The predicted octanol–water partition coefficient (Wildman–Crippen LogP) is 0.648. The number of aliphatic hydroxyl groups is 3. The molecule has 7 rings (SSSR count). The van der Waals surface area contributed by atoms with Gasteiger partial charge >= 0.3 is 11.9 Å². The van der Waals surface area contributed by atoms with Gasteiger partial charge in [0.1, 0.15) is 23.9 Å². The van der Waals surface area contributed by atoms with Crippen LogP contribution in [0.5, 0.6) is 0 Å². The standard InChI is InChI=1S/C34H47NO11/c1-7-35-15-31(16-41-3)20(37)13-21(42-4)33-19-14-32(40)28(45-30(39)18-11-9-8-10-12-18)22(19)34(46-17(2)36,27(38)29(32)44-6)23(26(33)35)24(43-5)25(31)33/h8-12,19-29,37-38,40H,7,13-16H2,1-6H3/t19-,20?,21+,22-,23+,24+,25-,26?,27+,28-,29+,31+,32+,33+,34-/m1/s1. The van der Waals surface area contributed by atoms with Crippen molar-refractivity contribution < 1.29 is 53.3 Å². The SMILES string of the molecule is CCN1C[C@]2(COC)C(O)C[C@H](OC)[C@]34C1[C@H]([C@H](OC)[C@H]23)[C@]1(OC(C)=O)[C@H]2[C@@H](OC(=O)c3ccccc3)[C@@](O)(C[C@H]24)[C@@H](OC)[C@@H]1O. The Morgan fingerprint density at radius 2 is 1.72 bits per heavy atom. The molecular formula is C34H47NO11. The molecule has 5 saturated carbocycles. The molecule has 2 unspecified atom stereocenters. The molecule has 1 aromatic rings. The number of carbonyl (C=O) groups excluding carboxylic acids is 2. The molecule has 1 heterocycles. The van der Waals surface area contributed by atoms with Crippen molar-refractivity contribution >= 4 is 11.9 Å². The van der Waals surface area contributed by atoms with Gasteiger partial charge in [-0.2, -0.15) is 0 Å². The summed E-state index contributed by atoms with van der Waals surface area (Å²) in [6, 6.07) is 8.18. The van der Waals surface area contributed by atoms with Gasteiger partial charge in [0.15, 0.2) is 5.60 Å². The molecule has 5 aliphatic carbocycles. The van der Waals surface area contributed by atoms with Crippen molar-refractivity contribution in [2.24, 2.45) is 34.5 Å². The molecule has 6 aliphatic rings. The highest BCUT2D eigenvalue weighted by atomic mass is 16.6. The van der Waals surface area contributed by atoms with Crippen molar-refractivity contribution in [3.63, 3.8) is 0 Å². The van der Waals surface area contributed by atoms with Crippen LogP contribution < -0.4 is 0 Å². The number of methoxy groups -OCH3 is 4. The van der Waals surface area contributed by atoms with Gasteiger partial charge in [0.2, 0.25) is 0 Å². The highest BCUT2D eigenvalue weighted by molar-refractivity contribution is 5.89. The Morgan fingerprint density at radius 1 is 1.00 bits per heavy atom. The Hall–Kier alpha value is -2.16. The third-order valence-corrected chi connectivity index (χ3v) is 13.2. The number of benzene rings is 1. The minimum absolute atomic E-state index is 0.0791. The first-order valence-corrected chi connectivity index (χ1v) is 16.3. The normalized spacial score (nSPS) is 49.9. The number of likely N-dealkylation sites (tertiary alicyclic amines) is 1. The first kappa shape index (κ1) is 32.4. The lowest BCUT2D eigenvalue weighted by molar-refractivity contribution is -0.322. The van der Waals surface area contributed by atoms with Crippen LogP contribution in [0.1, 0.15) is 37.0 Å². The van der Waals surface area contributed by atoms with E-state index in [0.29, 0.717) is 25.1 Å². The second-order valence-electron chi connectivity index (χ2n) is 14.4. The number of carbonyl (C=O) groups is 2. The molecule has 3 N–H and O–H groups in total. The average molecular weight is 646 g/mol. The number of hydrogen-bond acceptors (Lipinski definition) is 12. The fourth-order valence-corrected chi connectivity index (χ4v) is 12.3. The van der Waals surface area contributed by atoms with Gasteiger partial charge in [-0.1, -0.05) is 25.1 Å². The number of rotatable bonds is 9. The number of fused-ring (bicyclic) bond motifs is 2. The first-order chi connectivity index (χ1) is 22.0. The lowest BCUT2D eigenvalue weighted by atomic mass is 9.42. The van der Waals surface area contributed by atoms with Crippen molar-refractivity contribution in [1.82, 2.24) is 4.90 Å². The number of ether oxygens (including phenoxy) is 6. The summed E-state index contributed by atoms with van der Waals surface area (Å²) in [6.07, 6.45) is -5.49. The van der Waals surface area contributed by atoms with E-state index in [0.717, 1.165) is 0 Å². The van der Waals surface area contributed by atoms with Gasteiger partial charge in [0, 0.05) is 83.0 Å². The van der Waals surface area contributed by atoms with Crippen LogP contribution in [-0.2, 0) is 33.2 Å². The molecule has 46 heavy (non-hydrogen) atoms. The van der Waals surface area contributed by atoms with E-state index in [1.54, 1.807) is 51.7 Å². The van der Waals surface area contributed by atoms with Gasteiger partial charge in [-0.3, -0.25) is 9.69 Å². The van der Waals surface area contributed by atoms with E-state index in [1.165, 1.54) is 14.0 Å². The van der Waals surface area contributed by atoms with Gasteiger partial charge < -0.3 is 43.7 Å². The molecule has 1 spiro atoms. The molecule has 0 aromatic heterocycles. The molecule has 7 bridgehead atoms. The molecule has 254 valence electrons. The summed E-state index contributed by atoms with van der Waals surface area (Å²) in [6.45, 7) is 4.68. The topological polar surface area (TPSA) is 153 Å². The molecule has 0 radical (unpaired) electrons. The van der Waals surface area contributed by atoms with Crippen LogP contribution in [0.4, 0.5) is 0 Å². The summed E-state index contributed by atoms with van der Waals surface area (Å²) < 4.78 is 37.4. The molecule has 12 nitrogen and oxygen atoms in total. The van der Waals surface area contributed by atoms with Crippen molar-refractivity contribution in [2.45, 2.75) is 80.6 Å². The number of piperidine rings is 1. The second kappa shape index (κ2) is 10.9. The van der Waals surface area contributed by atoms with Crippen LogP contribution in [0.25, 0.3) is 0 Å². The molecule has 1 aromatic carbocycles. The Bertz CT molecular complexity index is 1360. The molecule has 0 amide bonds. The summed E-state index contributed by atoms with van der Waals surface area (Å²) in [7, 11) is 6.27. The van der Waals surface area contributed by atoms with Crippen LogP contribution in [0.3, 0.4) is 0 Å². The van der Waals surface area contributed by atoms with E-state index >= 15 is 0 Å². The zero-order chi connectivity index (χ0) is 33.0. The highest BCUT2D eigenvalue weighted by Gasteiger charge is 2.92. The molecule has 1 saturated heterocycles. The van der Waals surface area contributed by atoms with Gasteiger partial charge in [-0.25, -0.2) is 4.79 Å². The summed E-state index contributed by atoms with van der Waals surface area (Å²) in [5, 5.41) is 37.3. The van der Waals surface area contributed by atoms with E-state index in [4.69, 9.17) is 28.4 Å². The number of aliphatic hydroxyl groups excluding tert-OH is 2. The fourth-order valence-electron chi connectivity index (χ4n) is 12.3. The van der Waals surface area contributed by atoms with E-state index < -0.39 is 88.3 Å². The molecular weight excluding hydrogens is 598 g/mol. The Morgan fingerprint density at radius 3 is 2.30 bits per heavy atom. The summed E-state index contributed by atoms with van der Waals surface area (Å²) in [4.78, 5) is 29.3. The fraction of sp³-hybridized carbons (Fsp3) is 0.765. The maximum absolute atomic E-state index is 13.8.